The van der Waals surface area contributed by atoms with Crippen molar-refractivity contribution in [3.8, 4) is 39.8 Å². The molecule has 18 nitrogen and oxygen atoms in total. The molecule has 1 aliphatic rings. The number of nitrogens with two attached hydrogens (primary N) is 3. The number of fused-ring (bicyclic) bond motifs is 5. The number of phenolic OH excluding ortho intramolecular Hbond substituents is 1. The number of aliphatic carboxylic acids is 1. The number of likely N-dealkylation sites (N-methyl/N-ethyl adjacent to an activating group) is 1. The number of carboxylic acid groups (broad SMARTS) is 1. The van der Waals surface area contributed by atoms with Crippen LogP contribution in [0.1, 0.15) is 78.6 Å². The van der Waals surface area contributed by atoms with E-state index in [0.717, 1.165) is 16.0 Å². The first-order chi connectivity index (χ1) is 30.3. The predicted molar refractivity (Wildman–Crippen MR) is 240 cm³/mol. The molecule has 1 aromatic heterocycles. The molecule has 0 unspecified atom stereocenters. The molecule has 0 aliphatic carbocycles. The van der Waals surface area contributed by atoms with Crippen LogP contribution in [0.15, 0.2) is 54.6 Å². The molecule has 64 heavy (non-hydrogen) atoms. The normalized spacial score (nSPS) is 17.0. The van der Waals surface area contributed by atoms with Gasteiger partial charge in [-0.05, 0) is 80.1 Å². The van der Waals surface area contributed by atoms with Gasteiger partial charge in [-0.25, -0.2) is 14.8 Å². The number of benzene rings is 3. The highest BCUT2D eigenvalue weighted by Gasteiger charge is 2.36. The first-order valence-corrected chi connectivity index (χ1v) is 21.0. The monoisotopic (exact) mass is 881 g/mol. The minimum Gasteiger partial charge on any atom is -0.504 e. The fraction of sp³-hybridized carbons (Fsp3) is 0.413. The molecular formula is C46H59N9O9. The maximum absolute atomic E-state index is 14.6. The van der Waals surface area contributed by atoms with E-state index in [9.17, 15) is 34.2 Å². The Kier molecular flexibility index (Phi) is 15.7. The van der Waals surface area contributed by atoms with E-state index in [0.29, 0.717) is 22.8 Å². The summed E-state index contributed by atoms with van der Waals surface area (Å²) in [5, 5.41) is 29.7. The largest absolute Gasteiger partial charge is 0.504 e. The van der Waals surface area contributed by atoms with Gasteiger partial charge in [0, 0.05) is 43.2 Å². The molecule has 3 aromatic carbocycles. The average molecular weight is 882 g/mol. The van der Waals surface area contributed by atoms with Crippen molar-refractivity contribution >= 4 is 29.6 Å². The third-order valence-corrected chi connectivity index (χ3v) is 10.9. The van der Waals surface area contributed by atoms with Gasteiger partial charge in [0.05, 0.1) is 17.0 Å². The number of rotatable bonds is 14. The number of phenols is 1. The highest BCUT2D eigenvalue weighted by Crippen LogP contribution is 2.44. The molecule has 1 aliphatic heterocycles. The highest BCUT2D eigenvalue weighted by molar-refractivity contribution is 6.00. The van der Waals surface area contributed by atoms with Crippen LogP contribution in [0.2, 0.25) is 0 Å². The molecular weight excluding hydrogens is 823 g/mol. The molecule has 4 bridgehead atoms. The van der Waals surface area contributed by atoms with Crippen molar-refractivity contribution in [1.29, 1.82) is 0 Å². The summed E-state index contributed by atoms with van der Waals surface area (Å²) >= 11 is 0. The van der Waals surface area contributed by atoms with Crippen molar-refractivity contribution in [3.63, 3.8) is 0 Å². The minimum absolute atomic E-state index is 0.00297. The fourth-order valence-electron chi connectivity index (χ4n) is 7.45. The second-order valence-electron chi connectivity index (χ2n) is 16.7. The number of aryl methyl sites for hydroxylation is 2. The van der Waals surface area contributed by atoms with E-state index in [4.69, 9.17) is 26.7 Å². The van der Waals surface area contributed by atoms with E-state index >= 15 is 0 Å². The Hall–Kier alpha value is -6.63. The van der Waals surface area contributed by atoms with Gasteiger partial charge in [-0.1, -0.05) is 51.1 Å². The Labute approximate surface area is 372 Å². The minimum atomic E-state index is -1.48. The number of aromatic nitrogens is 2. The summed E-state index contributed by atoms with van der Waals surface area (Å²) in [5.74, 6) is -4.04. The van der Waals surface area contributed by atoms with Crippen LogP contribution in [0, 0.1) is 13.8 Å². The van der Waals surface area contributed by atoms with Gasteiger partial charge in [-0.2, -0.15) is 0 Å². The van der Waals surface area contributed by atoms with Crippen molar-refractivity contribution in [2.24, 2.45) is 17.2 Å². The summed E-state index contributed by atoms with van der Waals surface area (Å²) in [7, 11) is 1.37. The van der Waals surface area contributed by atoms with Crippen LogP contribution in [0.25, 0.3) is 22.5 Å². The van der Waals surface area contributed by atoms with Gasteiger partial charge in [0.1, 0.15) is 43.1 Å². The third kappa shape index (κ3) is 11.1. The molecule has 342 valence electrons. The zero-order valence-corrected chi connectivity index (χ0v) is 37.3. The second kappa shape index (κ2) is 20.7. The molecule has 0 radical (unpaired) electrons. The number of ether oxygens (including phenoxy) is 2. The van der Waals surface area contributed by atoms with Crippen molar-refractivity contribution in [1.82, 2.24) is 30.8 Å². The molecule has 0 fully saturated rings. The maximum atomic E-state index is 14.6. The summed E-state index contributed by atoms with van der Waals surface area (Å²) in [4.78, 5) is 79.5. The molecule has 4 atom stereocenters. The van der Waals surface area contributed by atoms with Gasteiger partial charge in [0.15, 0.2) is 17.3 Å². The summed E-state index contributed by atoms with van der Waals surface area (Å²) < 4.78 is 11.8. The van der Waals surface area contributed by atoms with Crippen molar-refractivity contribution in [2.45, 2.75) is 84.0 Å². The van der Waals surface area contributed by atoms with Gasteiger partial charge in [0.2, 0.25) is 17.7 Å². The van der Waals surface area contributed by atoms with Gasteiger partial charge in [-0.3, -0.25) is 19.2 Å². The van der Waals surface area contributed by atoms with Crippen LogP contribution in [0.4, 0.5) is 0 Å². The molecule has 18 heteroatoms. The summed E-state index contributed by atoms with van der Waals surface area (Å²) in [6.07, 6.45) is -0.263. The van der Waals surface area contributed by atoms with Gasteiger partial charge < -0.3 is 57.7 Å². The number of carbonyl (C=O) groups excluding carboxylic acids is 4. The van der Waals surface area contributed by atoms with Crippen molar-refractivity contribution in [3.05, 3.63) is 88.2 Å². The lowest BCUT2D eigenvalue weighted by atomic mass is 9.86. The van der Waals surface area contributed by atoms with Crippen LogP contribution < -0.4 is 42.6 Å². The third-order valence-electron chi connectivity index (χ3n) is 10.9. The topological polar surface area (TPSA) is 287 Å². The zero-order valence-electron chi connectivity index (χ0n) is 37.3. The van der Waals surface area contributed by atoms with E-state index in [1.54, 1.807) is 26.0 Å². The van der Waals surface area contributed by atoms with Crippen LogP contribution in [-0.2, 0) is 31.0 Å². The number of carbonyl (C=O) groups is 5. The van der Waals surface area contributed by atoms with Crippen LogP contribution in [0.5, 0.6) is 17.2 Å². The Balaban J connectivity index is 1.58. The molecule has 4 aromatic rings. The number of aromatic hydroxyl groups is 1. The van der Waals surface area contributed by atoms with E-state index in [-0.39, 0.29) is 90.6 Å². The summed E-state index contributed by atoms with van der Waals surface area (Å²) in [5.41, 5.74) is 21.2. The lowest BCUT2D eigenvalue weighted by Crippen LogP contribution is -2.55. The average Bonchev–Trinajstić information content (AvgIpc) is 3.24. The SMILES string of the molecule is Cc1nc(-c2ccc(C(C)(C)C)cc2)nc(C)c1C(=O)N[C@@H](CCN)C(=O)N(C)[C@@H]1C(=O)N[C@@H](C)C(=O)N[C@H](C(=O)O)Cc2cc(OCCN)c(O)c(c2)-c2cc1ccc2OCCN. The van der Waals surface area contributed by atoms with Crippen LogP contribution >= 0.6 is 0 Å². The van der Waals surface area contributed by atoms with Crippen LogP contribution in [-0.4, -0.2) is 113 Å². The van der Waals surface area contributed by atoms with E-state index in [1.165, 1.54) is 32.2 Å². The molecule has 0 spiro atoms. The zero-order chi connectivity index (χ0) is 47.0. The second-order valence-corrected chi connectivity index (χ2v) is 16.7. The first-order valence-electron chi connectivity index (χ1n) is 21.0. The number of hydrogen-bond acceptors (Lipinski definition) is 13. The Morgan fingerprint density at radius 1 is 0.875 bits per heavy atom. The Morgan fingerprint density at radius 2 is 1.50 bits per heavy atom. The van der Waals surface area contributed by atoms with Crippen molar-refractivity contribution < 1.29 is 43.7 Å². The molecule has 2 heterocycles. The number of nitrogens with one attached hydrogen (secondary N) is 3. The maximum Gasteiger partial charge on any atom is 0.326 e. The molecule has 0 saturated carbocycles. The highest BCUT2D eigenvalue weighted by atomic mass is 16.5. The lowest BCUT2D eigenvalue weighted by Gasteiger charge is -2.32. The molecule has 0 saturated heterocycles. The van der Waals surface area contributed by atoms with Gasteiger partial charge in [0.25, 0.3) is 5.91 Å². The Morgan fingerprint density at radius 3 is 2.08 bits per heavy atom. The Bertz CT molecular complexity index is 2360. The van der Waals surface area contributed by atoms with Crippen molar-refractivity contribution in [2.75, 3.05) is 39.9 Å². The van der Waals surface area contributed by atoms with Gasteiger partial charge >= 0.3 is 5.97 Å². The summed E-state index contributed by atoms with van der Waals surface area (Å²) in [6.45, 7) is 11.4. The smallest absolute Gasteiger partial charge is 0.326 e. The first kappa shape index (κ1) is 48.4. The van der Waals surface area contributed by atoms with Gasteiger partial charge in [-0.15, -0.1) is 0 Å². The standard InChI is InChI=1S/C46H59N9O9/c1-24-37(25(2)51-40(50-24)28-8-11-30(12-9-28)46(4,5)6)42(58)53-33(14-15-47)44(60)55(7)38-29-10-13-35(63-18-16-48)31(23-29)32-20-27(22-36(39(32)56)64-19-17-49)21-34(45(61)62)54-41(57)26(3)52-43(38)59/h8-13,20,22-23,26,33-34,38,56H,14-19,21,47-49H2,1-7H3,(H,52,59)(H,53,58)(H,54,57)(H,61,62)/t26-,33-,34-,38-/m0/s1. The molecule has 5 rings (SSSR count). The molecule has 4 amide bonds. The van der Waals surface area contributed by atoms with Crippen LogP contribution in [0.3, 0.4) is 0 Å². The van der Waals surface area contributed by atoms with E-state index < -0.39 is 53.8 Å². The summed E-state index contributed by atoms with van der Waals surface area (Å²) in [6, 6.07) is 10.0. The quantitative estimate of drug-likeness (QED) is 0.0903. The van der Waals surface area contributed by atoms with E-state index in [1.807, 2.05) is 24.3 Å². The lowest BCUT2D eigenvalue weighted by molar-refractivity contribution is -0.143. The fourth-order valence-corrected chi connectivity index (χ4v) is 7.45. The number of nitrogens with zero attached hydrogens (tertiary/aromatic N) is 3. The number of carboxylic acids is 1. The predicted octanol–water partition coefficient (Wildman–Crippen LogP) is 2.38. The molecule has 11 N–H and O–H groups in total. The number of amides is 4. The number of hydrogen-bond donors (Lipinski definition) is 8. The van der Waals surface area contributed by atoms with E-state index in [2.05, 4.69) is 46.7 Å².